The molecule has 172 valence electrons. The number of thiophene rings is 1. The molecule has 0 saturated heterocycles. The van der Waals surface area contributed by atoms with Crippen molar-refractivity contribution in [1.82, 2.24) is 0 Å². The average molecular weight is 490 g/mol. The highest BCUT2D eigenvalue weighted by Crippen LogP contribution is 2.29. The van der Waals surface area contributed by atoms with E-state index in [9.17, 15) is 18.8 Å². The van der Waals surface area contributed by atoms with Crippen LogP contribution in [0.1, 0.15) is 32.5 Å². The maximum absolute atomic E-state index is 13.2. The summed E-state index contributed by atoms with van der Waals surface area (Å²) >= 11 is 7.05. The Kier molecular flexibility index (Phi) is 7.67. The number of hydrogen-bond acceptors (Lipinski definition) is 5. The summed E-state index contributed by atoms with van der Waals surface area (Å²) in [4.78, 5) is 38.8. The van der Waals surface area contributed by atoms with Crippen molar-refractivity contribution < 1.29 is 23.5 Å². The van der Waals surface area contributed by atoms with Crippen LogP contribution in [0.5, 0.6) is 0 Å². The molecule has 0 radical (unpaired) electrons. The van der Waals surface area contributed by atoms with Crippen LogP contribution in [-0.4, -0.2) is 31.6 Å². The van der Waals surface area contributed by atoms with E-state index in [1.54, 1.807) is 51.2 Å². The number of nitrogens with zero attached hydrogens (tertiary/aromatic N) is 1. The third-order valence-corrected chi connectivity index (χ3v) is 6.05. The minimum absolute atomic E-state index is 0.00390. The van der Waals surface area contributed by atoms with Crippen LogP contribution < -0.4 is 15.5 Å². The number of anilines is 3. The summed E-state index contributed by atoms with van der Waals surface area (Å²) in [5, 5.41) is 5.93. The Morgan fingerprint density at radius 2 is 1.76 bits per heavy atom. The number of carbonyl (C=O) groups is 3. The lowest BCUT2D eigenvalue weighted by molar-refractivity contribution is 0.102. The maximum atomic E-state index is 13.2. The standard InChI is InChI=1S/C23H21ClFN3O4S/c1-4-32-23(31)28(3)16-8-6-15(7-9-16)26-22(30)20-13(2)11-19(33-20)27-21(29)17-10-5-14(25)12-18(17)24/h5-12H,4H2,1-3H3,(H,26,30)(H,27,29). The molecule has 3 aromatic rings. The third-order valence-electron chi connectivity index (χ3n) is 4.59. The number of aryl methyl sites for hydroxylation is 1. The molecular weight excluding hydrogens is 469 g/mol. The van der Waals surface area contributed by atoms with E-state index in [-0.39, 0.29) is 23.1 Å². The first-order valence-corrected chi connectivity index (χ1v) is 11.1. The lowest BCUT2D eigenvalue weighted by Gasteiger charge is -2.16. The van der Waals surface area contributed by atoms with Crippen molar-refractivity contribution in [3.8, 4) is 0 Å². The average Bonchev–Trinajstić information content (AvgIpc) is 3.13. The van der Waals surface area contributed by atoms with E-state index in [1.165, 1.54) is 11.0 Å². The van der Waals surface area contributed by atoms with Crippen LogP contribution in [0.3, 0.4) is 0 Å². The second-order valence-electron chi connectivity index (χ2n) is 6.96. The molecule has 0 aliphatic carbocycles. The Labute approximate surface area is 199 Å². The highest BCUT2D eigenvalue weighted by Gasteiger charge is 2.18. The van der Waals surface area contributed by atoms with Gasteiger partial charge in [-0.15, -0.1) is 11.3 Å². The summed E-state index contributed by atoms with van der Waals surface area (Å²) in [7, 11) is 1.59. The molecule has 3 amide bonds. The summed E-state index contributed by atoms with van der Waals surface area (Å²) in [5.74, 6) is -1.39. The van der Waals surface area contributed by atoms with Gasteiger partial charge >= 0.3 is 6.09 Å². The van der Waals surface area contributed by atoms with Crippen molar-refractivity contribution in [1.29, 1.82) is 0 Å². The minimum Gasteiger partial charge on any atom is -0.449 e. The summed E-state index contributed by atoms with van der Waals surface area (Å²) in [6.45, 7) is 3.76. The molecular formula is C23H21ClFN3O4S. The largest absolute Gasteiger partial charge is 0.449 e. The first-order valence-electron chi connectivity index (χ1n) is 9.88. The fourth-order valence-corrected chi connectivity index (χ4v) is 4.12. The summed E-state index contributed by atoms with van der Waals surface area (Å²) < 4.78 is 18.2. The SMILES string of the molecule is CCOC(=O)N(C)c1ccc(NC(=O)c2sc(NC(=O)c3ccc(F)cc3Cl)cc2C)cc1. The fourth-order valence-electron chi connectivity index (χ4n) is 2.90. The van der Waals surface area contributed by atoms with Gasteiger partial charge in [-0.05, 0) is 67.9 Å². The quantitative estimate of drug-likeness (QED) is 0.448. The van der Waals surface area contributed by atoms with Crippen molar-refractivity contribution in [2.24, 2.45) is 0 Å². The Balaban J connectivity index is 1.67. The van der Waals surface area contributed by atoms with Gasteiger partial charge in [-0.3, -0.25) is 14.5 Å². The van der Waals surface area contributed by atoms with Crippen molar-refractivity contribution in [3.63, 3.8) is 0 Å². The first-order chi connectivity index (χ1) is 15.7. The molecule has 3 rings (SSSR count). The number of halogens is 2. The lowest BCUT2D eigenvalue weighted by atomic mass is 10.2. The predicted molar refractivity (Wildman–Crippen MR) is 128 cm³/mol. The van der Waals surface area contributed by atoms with Gasteiger partial charge in [0, 0.05) is 18.4 Å². The number of amides is 3. The molecule has 2 N–H and O–H groups in total. The van der Waals surface area contributed by atoms with Gasteiger partial charge < -0.3 is 15.4 Å². The second kappa shape index (κ2) is 10.5. The second-order valence-corrected chi connectivity index (χ2v) is 8.42. The zero-order chi connectivity index (χ0) is 24.1. The topological polar surface area (TPSA) is 87.7 Å². The zero-order valence-corrected chi connectivity index (χ0v) is 19.6. The number of nitrogens with one attached hydrogen (secondary N) is 2. The number of carbonyl (C=O) groups excluding carboxylic acids is 3. The van der Waals surface area contributed by atoms with Crippen LogP contribution in [0.15, 0.2) is 48.5 Å². The van der Waals surface area contributed by atoms with Crippen LogP contribution in [0.4, 0.5) is 25.6 Å². The number of benzene rings is 2. The molecule has 0 unspecified atom stereocenters. The first kappa shape index (κ1) is 24.2. The van der Waals surface area contributed by atoms with E-state index >= 15 is 0 Å². The van der Waals surface area contributed by atoms with Crippen molar-refractivity contribution in [2.45, 2.75) is 13.8 Å². The lowest BCUT2D eigenvalue weighted by Crippen LogP contribution is -2.26. The van der Waals surface area contributed by atoms with Gasteiger partial charge in [-0.1, -0.05) is 11.6 Å². The smallest absolute Gasteiger partial charge is 0.413 e. The normalized spacial score (nSPS) is 10.5. The van der Waals surface area contributed by atoms with Gasteiger partial charge in [-0.25, -0.2) is 9.18 Å². The maximum Gasteiger partial charge on any atom is 0.413 e. The molecule has 0 bridgehead atoms. The van der Waals surface area contributed by atoms with Gasteiger partial charge in [0.25, 0.3) is 11.8 Å². The van der Waals surface area contributed by atoms with Crippen LogP contribution in [0, 0.1) is 12.7 Å². The van der Waals surface area contributed by atoms with Crippen LogP contribution in [-0.2, 0) is 4.74 Å². The van der Waals surface area contributed by atoms with Crippen LogP contribution in [0.2, 0.25) is 5.02 Å². The summed E-state index contributed by atoms with van der Waals surface area (Å²) in [6, 6.07) is 11.9. The third kappa shape index (κ3) is 5.88. The van der Waals surface area contributed by atoms with Gasteiger partial charge in [0.2, 0.25) is 0 Å². The van der Waals surface area contributed by atoms with Gasteiger partial charge in [0.15, 0.2) is 0 Å². The molecule has 0 fully saturated rings. The molecule has 0 aliphatic rings. The van der Waals surface area contributed by atoms with E-state index < -0.39 is 17.8 Å². The van der Waals surface area contributed by atoms with Crippen LogP contribution >= 0.6 is 22.9 Å². The fraction of sp³-hybridized carbons (Fsp3) is 0.174. The highest BCUT2D eigenvalue weighted by atomic mass is 35.5. The molecule has 1 aromatic heterocycles. The van der Waals surface area contributed by atoms with Gasteiger partial charge in [0.1, 0.15) is 5.82 Å². The minimum atomic E-state index is -0.539. The molecule has 2 aromatic carbocycles. The Bertz CT molecular complexity index is 1200. The van der Waals surface area contributed by atoms with E-state index in [0.717, 1.165) is 23.5 Å². The molecule has 0 aliphatic heterocycles. The van der Waals surface area contributed by atoms with Crippen molar-refractivity contribution in [3.05, 3.63) is 75.4 Å². The van der Waals surface area contributed by atoms with E-state index in [0.29, 0.717) is 26.8 Å². The van der Waals surface area contributed by atoms with Crippen LogP contribution in [0.25, 0.3) is 0 Å². The Hall–Kier alpha value is -3.43. The number of hydrogen-bond donors (Lipinski definition) is 2. The molecule has 7 nitrogen and oxygen atoms in total. The van der Waals surface area contributed by atoms with Gasteiger partial charge in [0.05, 0.1) is 27.1 Å². The molecule has 0 saturated carbocycles. The monoisotopic (exact) mass is 489 g/mol. The molecule has 0 spiro atoms. The zero-order valence-electron chi connectivity index (χ0n) is 18.1. The Morgan fingerprint density at radius 3 is 2.39 bits per heavy atom. The molecule has 33 heavy (non-hydrogen) atoms. The Morgan fingerprint density at radius 1 is 1.06 bits per heavy atom. The van der Waals surface area contributed by atoms with Gasteiger partial charge in [-0.2, -0.15) is 0 Å². The summed E-state index contributed by atoms with van der Waals surface area (Å²) in [5.41, 5.74) is 1.96. The number of ether oxygens (including phenoxy) is 1. The predicted octanol–water partition coefficient (Wildman–Crippen LogP) is 5.95. The molecule has 10 heteroatoms. The highest BCUT2D eigenvalue weighted by molar-refractivity contribution is 7.18. The van der Waals surface area contributed by atoms with Crippen molar-refractivity contribution in [2.75, 3.05) is 29.2 Å². The number of rotatable bonds is 6. The van der Waals surface area contributed by atoms with E-state index in [4.69, 9.17) is 16.3 Å². The molecule has 1 heterocycles. The van der Waals surface area contributed by atoms with E-state index in [1.807, 2.05) is 0 Å². The van der Waals surface area contributed by atoms with E-state index in [2.05, 4.69) is 10.6 Å². The molecule has 0 atom stereocenters. The van der Waals surface area contributed by atoms with Crippen molar-refractivity contribution >= 4 is 57.2 Å². The summed E-state index contributed by atoms with van der Waals surface area (Å²) in [6.07, 6.45) is -0.472.